The van der Waals surface area contributed by atoms with E-state index in [9.17, 15) is 0 Å². The minimum absolute atomic E-state index is 0.530. The summed E-state index contributed by atoms with van der Waals surface area (Å²) in [4.78, 5) is 20.3. The summed E-state index contributed by atoms with van der Waals surface area (Å²) >= 11 is 6.33. The fourth-order valence-electron chi connectivity index (χ4n) is 4.57. The largest absolute Gasteiger partial charge is 0.399 e. The second kappa shape index (κ2) is 12.1. The molecule has 0 amide bonds. The Bertz CT molecular complexity index is 1240. The molecule has 0 unspecified atom stereocenters. The Morgan fingerprint density at radius 1 is 1.09 bits per heavy atom. The van der Waals surface area contributed by atoms with Crippen LogP contribution in [0.1, 0.15) is 74.2 Å². The highest BCUT2D eigenvalue weighted by molar-refractivity contribution is 6.31. The standard InChI is InChI=1S/C28H33ClN4O2/c1-4-5-11-22-23-12-7-14-27(28(23)31-26-16-15-20(29)18-24(22)26)33-35-17-8-10-21-9-6-13-25(30-21)19(2)32-34-3/h6,9,13,15-16,18H,4-5,7-8,10-12,14,17H2,1-3H3/b32-19+,33-27+. The lowest BCUT2D eigenvalue weighted by Crippen LogP contribution is -2.17. The maximum atomic E-state index is 6.33. The number of benzene rings is 1. The summed E-state index contributed by atoms with van der Waals surface area (Å²) in [6, 6.07) is 11.9. The normalized spacial score (nSPS) is 14.9. The topological polar surface area (TPSA) is 69.0 Å². The van der Waals surface area contributed by atoms with Crippen LogP contribution in [0, 0.1) is 0 Å². The Morgan fingerprint density at radius 2 is 1.97 bits per heavy atom. The number of fused-ring (bicyclic) bond motifs is 2. The van der Waals surface area contributed by atoms with Gasteiger partial charge in [-0.2, -0.15) is 0 Å². The quantitative estimate of drug-likeness (QED) is 0.180. The Kier molecular flexibility index (Phi) is 8.69. The molecule has 0 radical (unpaired) electrons. The van der Waals surface area contributed by atoms with Gasteiger partial charge in [0.1, 0.15) is 25.1 Å². The van der Waals surface area contributed by atoms with Crippen LogP contribution in [0.15, 0.2) is 46.7 Å². The summed E-state index contributed by atoms with van der Waals surface area (Å²) in [5.41, 5.74) is 8.20. The van der Waals surface area contributed by atoms with Crippen LogP contribution in [0.3, 0.4) is 0 Å². The van der Waals surface area contributed by atoms with Crippen molar-refractivity contribution < 1.29 is 9.68 Å². The Hall–Kier alpha value is -2.99. The first-order valence-corrected chi connectivity index (χ1v) is 12.8. The fourth-order valence-corrected chi connectivity index (χ4v) is 4.75. The highest BCUT2D eigenvalue weighted by Gasteiger charge is 2.23. The fraction of sp³-hybridized carbons (Fsp3) is 0.429. The van der Waals surface area contributed by atoms with E-state index in [0.717, 1.165) is 90.4 Å². The molecule has 35 heavy (non-hydrogen) atoms. The van der Waals surface area contributed by atoms with E-state index in [2.05, 4.69) is 28.3 Å². The van der Waals surface area contributed by atoms with Crippen LogP contribution in [-0.4, -0.2) is 35.1 Å². The number of oxime groups is 2. The number of rotatable bonds is 10. The van der Waals surface area contributed by atoms with Crippen molar-refractivity contribution in [1.29, 1.82) is 0 Å². The molecular weight excluding hydrogens is 460 g/mol. The summed E-state index contributed by atoms with van der Waals surface area (Å²) in [5, 5.41) is 10.4. The average Bonchev–Trinajstić information content (AvgIpc) is 2.87. The van der Waals surface area contributed by atoms with Crippen LogP contribution in [0.2, 0.25) is 5.02 Å². The second-order valence-electron chi connectivity index (χ2n) is 8.88. The molecule has 0 atom stereocenters. The van der Waals surface area contributed by atoms with Crippen molar-refractivity contribution in [1.82, 2.24) is 9.97 Å². The van der Waals surface area contributed by atoms with E-state index in [1.54, 1.807) is 0 Å². The van der Waals surface area contributed by atoms with E-state index < -0.39 is 0 Å². The number of pyridine rings is 2. The lowest BCUT2D eigenvalue weighted by Gasteiger charge is -2.22. The maximum absolute atomic E-state index is 6.33. The molecule has 0 N–H and O–H groups in total. The van der Waals surface area contributed by atoms with Crippen molar-refractivity contribution in [2.24, 2.45) is 10.3 Å². The van der Waals surface area contributed by atoms with Crippen LogP contribution in [0.4, 0.5) is 0 Å². The minimum Gasteiger partial charge on any atom is -0.399 e. The van der Waals surface area contributed by atoms with Crippen molar-refractivity contribution in [3.63, 3.8) is 0 Å². The van der Waals surface area contributed by atoms with Gasteiger partial charge >= 0.3 is 0 Å². The molecule has 0 saturated carbocycles. The number of halogens is 1. The number of hydrogen-bond donors (Lipinski definition) is 0. The summed E-state index contributed by atoms with van der Waals surface area (Å²) in [5.74, 6) is 0. The van der Waals surface area contributed by atoms with Crippen molar-refractivity contribution in [3.05, 3.63) is 69.6 Å². The number of unbranched alkanes of at least 4 members (excludes halogenated alkanes) is 1. The monoisotopic (exact) mass is 492 g/mol. The second-order valence-corrected chi connectivity index (χ2v) is 9.32. The van der Waals surface area contributed by atoms with Crippen molar-refractivity contribution in [2.75, 3.05) is 13.7 Å². The molecule has 6 nitrogen and oxygen atoms in total. The SMILES string of the molecule is CCCCc1c2c(nc3ccc(Cl)cc13)/C(=N/OCCCc1cccc(/C(C)=N/OC)n1)CCC2. The molecule has 7 heteroatoms. The molecule has 0 spiro atoms. The highest BCUT2D eigenvalue weighted by atomic mass is 35.5. The molecule has 0 bridgehead atoms. The van der Waals surface area contributed by atoms with Gasteiger partial charge in [0.2, 0.25) is 0 Å². The summed E-state index contributed by atoms with van der Waals surface area (Å²) in [6.07, 6.45) is 7.93. The smallest absolute Gasteiger partial charge is 0.117 e. The molecule has 1 aliphatic carbocycles. The molecule has 184 valence electrons. The molecule has 2 aromatic heterocycles. The molecule has 1 aliphatic rings. The third kappa shape index (κ3) is 6.17. The minimum atomic E-state index is 0.530. The predicted molar refractivity (Wildman–Crippen MR) is 143 cm³/mol. The van der Waals surface area contributed by atoms with E-state index in [1.807, 2.05) is 37.3 Å². The molecule has 3 aromatic rings. The van der Waals surface area contributed by atoms with E-state index in [-0.39, 0.29) is 0 Å². The third-order valence-electron chi connectivity index (χ3n) is 6.31. The van der Waals surface area contributed by atoms with Gasteiger partial charge in [-0.15, -0.1) is 0 Å². The van der Waals surface area contributed by atoms with E-state index in [0.29, 0.717) is 6.61 Å². The number of hydrogen-bond acceptors (Lipinski definition) is 6. The third-order valence-corrected chi connectivity index (χ3v) is 6.54. The Labute approximate surface area is 212 Å². The summed E-state index contributed by atoms with van der Waals surface area (Å²) in [6.45, 7) is 4.64. The Morgan fingerprint density at radius 3 is 2.80 bits per heavy atom. The van der Waals surface area contributed by atoms with Crippen LogP contribution < -0.4 is 0 Å². The Balaban J connectivity index is 1.46. The van der Waals surface area contributed by atoms with Gasteiger partial charge in [0, 0.05) is 16.1 Å². The zero-order chi connectivity index (χ0) is 24.6. The van der Waals surface area contributed by atoms with E-state index in [1.165, 1.54) is 23.6 Å². The lowest BCUT2D eigenvalue weighted by molar-refractivity contribution is 0.141. The summed E-state index contributed by atoms with van der Waals surface area (Å²) in [7, 11) is 1.54. The van der Waals surface area contributed by atoms with Crippen LogP contribution in [0.25, 0.3) is 10.9 Å². The highest BCUT2D eigenvalue weighted by Crippen LogP contribution is 2.32. The lowest BCUT2D eigenvalue weighted by atomic mass is 9.87. The van der Waals surface area contributed by atoms with E-state index >= 15 is 0 Å². The molecule has 0 aliphatic heterocycles. The first kappa shape index (κ1) is 25.1. The summed E-state index contributed by atoms with van der Waals surface area (Å²) < 4.78 is 0. The maximum Gasteiger partial charge on any atom is 0.117 e. The van der Waals surface area contributed by atoms with E-state index in [4.69, 9.17) is 26.3 Å². The van der Waals surface area contributed by atoms with Gasteiger partial charge in [-0.25, -0.2) is 4.98 Å². The van der Waals surface area contributed by atoms with Gasteiger partial charge in [0.25, 0.3) is 0 Å². The van der Waals surface area contributed by atoms with Gasteiger partial charge in [-0.05, 0) is 93.3 Å². The van der Waals surface area contributed by atoms with Crippen molar-refractivity contribution in [3.8, 4) is 0 Å². The first-order chi connectivity index (χ1) is 17.1. The molecule has 4 rings (SSSR count). The molecule has 2 heterocycles. The number of nitrogens with zero attached hydrogens (tertiary/aromatic N) is 4. The zero-order valence-electron chi connectivity index (χ0n) is 20.8. The molecule has 0 fully saturated rings. The van der Waals surface area contributed by atoms with Gasteiger partial charge in [0.05, 0.1) is 16.9 Å². The van der Waals surface area contributed by atoms with Crippen LogP contribution in [0.5, 0.6) is 0 Å². The van der Waals surface area contributed by atoms with Crippen LogP contribution >= 0.6 is 11.6 Å². The number of aryl methyl sites for hydroxylation is 2. The van der Waals surface area contributed by atoms with Crippen molar-refractivity contribution in [2.45, 2.75) is 65.2 Å². The van der Waals surface area contributed by atoms with Gasteiger partial charge in [-0.3, -0.25) is 4.98 Å². The van der Waals surface area contributed by atoms with Gasteiger partial charge < -0.3 is 9.68 Å². The zero-order valence-corrected chi connectivity index (χ0v) is 21.6. The van der Waals surface area contributed by atoms with Crippen LogP contribution in [-0.2, 0) is 28.9 Å². The average molecular weight is 493 g/mol. The van der Waals surface area contributed by atoms with Crippen molar-refractivity contribution >= 4 is 33.9 Å². The predicted octanol–water partition coefficient (Wildman–Crippen LogP) is 6.69. The molecule has 0 saturated heterocycles. The molecular formula is C28H33ClN4O2. The first-order valence-electron chi connectivity index (χ1n) is 12.4. The molecule has 1 aromatic carbocycles. The van der Waals surface area contributed by atoms with Gasteiger partial charge in [0.15, 0.2) is 0 Å². The van der Waals surface area contributed by atoms with Gasteiger partial charge in [-0.1, -0.05) is 41.3 Å². The number of aromatic nitrogens is 2.